The van der Waals surface area contributed by atoms with Crippen molar-refractivity contribution in [3.05, 3.63) is 59.6 Å². The number of methoxy groups -OCH3 is 1. The van der Waals surface area contributed by atoms with Gasteiger partial charge in [-0.2, -0.15) is 0 Å². The summed E-state index contributed by atoms with van der Waals surface area (Å²) in [5.41, 5.74) is 4.58. The second-order valence-corrected chi connectivity index (χ2v) is 16.1. The summed E-state index contributed by atoms with van der Waals surface area (Å²) >= 11 is 0. The average Bonchev–Trinajstić information content (AvgIpc) is 4.03. The topological polar surface area (TPSA) is 140 Å². The molecule has 2 aromatic heterocycles. The molecule has 0 unspecified atom stereocenters. The smallest absolute Gasteiger partial charge is 0.407 e. The fourth-order valence-electron chi connectivity index (χ4n) is 9.26. The van der Waals surface area contributed by atoms with Crippen LogP contribution in [0.2, 0.25) is 0 Å². The van der Waals surface area contributed by atoms with Crippen molar-refractivity contribution >= 4 is 17.9 Å². The molecule has 3 amide bonds. The number of rotatable bonds is 10. The number of imidazole rings is 2. The first-order valence-corrected chi connectivity index (χ1v) is 20.1. The Labute approximate surface area is 313 Å². The standard InChI is InChI=1S/C41H58N8O4/c1-26(2)36(46-41(52)53-4)40(51)49-23-9-11-35(49)38-43-25-33(45-38)31-18-14-29(15-19-31)28-12-16-30(17-13-28)32-24-42-37(44-32)34-10-8-22-48(34)39(50)27(3)47-20-6-5-7-21-47/h14-15,18-19,24-28,30,34-36H,5-13,16-17,20-23H2,1-4H3,(H,42,44)(H,43,45)(H,46,52)/t27-,28?,30?,34+,35+,36+/m1/s1. The molecule has 1 aliphatic carbocycles. The number of hydrogen-bond donors (Lipinski definition) is 3. The van der Waals surface area contributed by atoms with E-state index in [1.165, 1.54) is 37.6 Å². The summed E-state index contributed by atoms with van der Waals surface area (Å²) in [7, 11) is 1.31. The van der Waals surface area contributed by atoms with Crippen LogP contribution in [0.4, 0.5) is 4.79 Å². The maximum atomic E-state index is 13.6. The summed E-state index contributed by atoms with van der Waals surface area (Å²) in [6.07, 6.45) is 15.1. The van der Waals surface area contributed by atoms with Crippen molar-refractivity contribution in [2.45, 2.75) is 127 Å². The highest BCUT2D eigenvalue weighted by Crippen LogP contribution is 2.41. The molecule has 3 saturated heterocycles. The summed E-state index contributed by atoms with van der Waals surface area (Å²) in [4.78, 5) is 62.1. The van der Waals surface area contributed by atoms with Crippen LogP contribution in [0.1, 0.15) is 138 Å². The van der Waals surface area contributed by atoms with Gasteiger partial charge >= 0.3 is 6.09 Å². The van der Waals surface area contributed by atoms with E-state index in [9.17, 15) is 14.4 Å². The third kappa shape index (κ3) is 8.03. The number of aromatic nitrogens is 4. The number of H-pyrrole nitrogens is 2. The lowest BCUT2D eigenvalue weighted by atomic mass is 9.77. The molecule has 4 aliphatic rings. The molecule has 3 aliphatic heterocycles. The first-order valence-electron chi connectivity index (χ1n) is 20.1. The predicted octanol–water partition coefficient (Wildman–Crippen LogP) is 6.82. The molecule has 0 bridgehead atoms. The highest BCUT2D eigenvalue weighted by Gasteiger charge is 2.39. The predicted molar refractivity (Wildman–Crippen MR) is 203 cm³/mol. The van der Waals surface area contributed by atoms with Crippen molar-refractivity contribution in [2.75, 3.05) is 33.3 Å². The van der Waals surface area contributed by atoms with E-state index in [-0.39, 0.29) is 35.9 Å². The largest absolute Gasteiger partial charge is 0.453 e. The molecular formula is C41H58N8O4. The lowest BCUT2D eigenvalue weighted by Gasteiger charge is -2.35. The van der Waals surface area contributed by atoms with Crippen LogP contribution in [0.5, 0.6) is 0 Å². The maximum Gasteiger partial charge on any atom is 0.407 e. The van der Waals surface area contributed by atoms with Crippen LogP contribution in [0, 0.1) is 5.92 Å². The minimum Gasteiger partial charge on any atom is -0.453 e. The number of aromatic amines is 2. The van der Waals surface area contributed by atoms with Gasteiger partial charge in [-0.15, -0.1) is 0 Å². The second-order valence-electron chi connectivity index (χ2n) is 16.1. The number of alkyl carbamates (subject to hydrolysis) is 1. The molecule has 12 nitrogen and oxygen atoms in total. The molecule has 0 radical (unpaired) electrons. The van der Waals surface area contributed by atoms with Gasteiger partial charge in [0.15, 0.2) is 0 Å². The Kier molecular flexibility index (Phi) is 11.5. The monoisotopic (exact) mass is 726 g/mol. The summed E-state index contributed by atoms with van der Waals surface area (Å²) in [5, 5.41) is 2.72. The minimum atomic E-state index is -0.657. The maximum absolute atomic E-state index is 13.6. The third-order valence-electron chi connectivity index (χ3n) is 12.5. The van der Waals surface area contributed by atoms with Crippen LogP contribution in [-0.4, -0.2) is 97.9 Å². The van der Waals surface area contributed by atoms with E-state index in [2.05, 4.69) is 56.3 Å². The molecular weight excluding hydrogens is 669 g/mol. The first-order chi connectivity index (χ1) is 25.7. The van der Waals surface area contributed by atoms with Crippen LogP contribution in [0.15, 0.2) is 36.7 Å². The van der Waals surface area contributed by atoms with Gasteiger partial charge in [0.2, 0.25) is 11.8 Å². The van der Waals surface area contributed by atoms with Crippen molar-refractivity contribution in [3.8, 4) is 11.3 Å². The molecule has 3 N–H and O–H groups in total. The number of ether oxygens (including phenoxy) is 1. The quantitative estimate of drug-likeness (QED) is 0.208. The van der Waals surface area contributed by atoms with E-state index >= 15 is 0 Å². The van der Waals surface area contributed by atoms with Gasteiger partial charge in [0, 0.05) is 30.9 Å². The average molecular weight is 727 g/mol. The summed E-state index contributed by atoms with van der Waals surface area (Å²) < 4.78 is 4.77. The Bertz CT molecular complexity index is 1700. The molecule has 1 saturated carbocycles. The van der Waals surface area contributed by atoms with Gasteiger partial charge in [0.25, 0.3) is 0 Å². The summed E-state index contributed by atoms with van der Waals surface area (Å²) in [6, 6.07) is 8.02. The van der Waals surface area contributed by atoms with E-state index in [0.29, 0.717) is 18.4 Å². The van der Waals surface area contributed by atoms with E-state index in [4.69, 9.17) is 14.7 Å². The Morgan fingerprint density at radius 2 is 1.34 bits per heavy atom. The molecule has 12 heteroatoms. The highest BCUT2D eigenvalue weighted by atomic mass is 16.5. The number of nitrogens with one attached hydrogen (secondary N) is 3. The molecule has 53 heavy (non-hydrogen) atoms. The van der Waals surface area contributed by atoms with Crippen molar-refractivity contribution in [2.24, 2.45) is 5.92 Å². The lowest BCUT2D eigenvalue weighted by Crippen LogP contribution is -2.51. The van der Waals surface area contributed by atoms with Crippen LogP contribution < -0.4 is 5.32 Å². The molecule has 3 aromatic rings. The van der Waals surface area contributed by atoms with E-state index in [1.807, 2.05) is 31.1 Å². The molecule has 0 spiro atoms. The lowest BCUT2D eigenvalue weighted by molar-refractivity contribution is -0.138. The van der Waals surface area contributed by atoms with Gasteiger partial charge in [-0.1, -0.05) is 44.5 Å². The Morgan fingerprint density at radius 1 is 0.736 bits per heavy atom. The van der Waals surface area contributed by atoms with Gasteiger partial charge in [0.05, 0.1) is 37.1 Å². The Balaban J connectivity index is 0.933. The number of piperidine rings is 1. The highest BCUT2D eigenvalue weighted by molar-refractivity contribution is 5.86. The van der Waals surface area contributed by atoms with Gasteiger partial charge in [-0.3, -0.25) is 14.5 Å². The Morgan fingerprint density at radius 3 is 1.98 bits per heavy atom. The van der Waals surface area contributed by atoms with Crippen molar-refractivity contribution in [3.63, 3.8) is 0 Å². The van der Waals surface area contributed by atoms with Crippen molar-refractivity contribution in [1.29, 1.82) is 0 Å². The number of carbonyl (C=O) groups excluding carboxylic acids is 3. The summed E-state index contributed by atoms with van der Waals surface area (Å²) in [5.74, 6) is 2.78. The van der Waals surface area contributed by atoms with Gasteiger partial charge in [-0.05, 0) is 107 Å². The van der Waals surface area contributed by atoms with Gasteiger partial charge in [-0.25, -0.2) is 14.8 Å². The molecule has 5 heterocycles. The molecule has 4 fully saturated rings. The van der Waals surface area contributed by atoms with E-state index in [1.54, 1.807) is 0 Å². The van der Waals surface area contributed by atoms with Crippen LogP contribution in [0.25, 0.3) is 11.3 Å². The fourth-order valence-corrected chi connectivity index (χ4v) is 9.26. The molecule has 286 valence electrons. The SMILES string of the molecule is COC(=O)N[C@H](C(=O)N1CCC[C@H]1c1ncc(-c2ccc(C3CCC(c4cnc([C@@H]5CCCN5C(=O)[C@@H](C)N5CCCCC5)[nH]4)CC3)cc2)[nH]1)C(C)C. The zero-order valence-corrected chi connectivity index (χ0v) is 32.0. The number of hydrogen-bond acceptors (Lipinski definition) is 7. The number of benzene rings is 1. The van der Waals surface area contributed by atoms with Crippen LogP contribution >= 0.6 is 0 Å². The number of nitrogens with zero attached hydrogens (tertiary/aromatic N) is 5. The molecule has 7 rings (SSSR count). The minimum absolute atomic E-state index is 0.0523. The van der Waals surface area contributed by atoms with E-state index < -0.39 is 12.1 Å². The van der Waals surface area contributed by atoms with Crippen LogP contribution in [-0.2, 0) is 14.3 Å². The van der Waals surface area contributed by atoms with Crippen molar-refractivity contribution in [1.82, 2.24) is 40.0 Å². The second kappa shape index (κ2) is 16.4. The van der Waals surface area contributed by atoms with Crippen molar-refractivity contribution < 1.29 is 19.1 Å². The normalized spacial score (nSPS) is 25.1. The molecule has 4 atom stereocenters. The van der Waals surface area contributed by atoms with Gasteiger partial charge < -0.3 is 29.8 Å². The molecule has 1 aromatic carbocycles. The first kappa shape index (κ1) is 37.1. The van der Waals surface area contributed by atoms with E-state index in [0.717, 1.165) is 93.9 Å². The number of carbonyl (C=O) groups is 3. The van der Waals surface area contributed by atoms with Gasteiger partial charge in [0.1, 0.15) is 17.7 Å². The number of amides is 3. The fraction of sp³-hybridized carbons (Fsp3) is 0.634. The number of likely N-dealkylation sites (tertiary alicyclic amines) is 3. The summed E-state index contributed by atoms with van der Waals surface area (Å²) in [6.45, 7) is 9.43. The zero-order valence-electron chi connectivity index (χ0n) is 32.0. The van der Waals surface area contributed by atoms with Crippen LogP contribution in [0.3, 0.4) is 0 Å². The Hall–Kier alpha value is -4.19. The third-order valence-corrected chi connectivity index (χ3v) is 12.5. The zero-order chi connectivity index (χ0) is 37.1.